The number of aryl methyl sites for hydroxylation is 1. The van der Waals surface area contributed by atoms with Crippen molar-refractivity contribution >= 4 is 43.3 Å². The lowest BCUT2D eigenvalue weighted by Crippen LogP contribution is -2.21. The molecular formula is C18H21BrN4S. The number of hydrogen-bond donors (Lipinski definition) is 1. The Morgan fingerprint density at radius 2 is 1.92 bits per heavy atom. The van der Waals surface area contributed by atoms with Crippen molar-refractivity contribution in [1.82, 2.24) is 14.9 Å². The molecule has 0 saturated carbocycles. The standard InChI is InChI=1S/C18H21BrN4S/c1-4-14-15(12-5-7-13(19)8-6-12)16-17(20-9-10-23(2)3)21-11-22-18(16)24-14/h5-8,11H,4,9-10H2,1-3H3,(H,20,21,22). The molecule has 0 amide bonds. The van der Waals surface area contributed by atoms with E-state index in [1.165, 1.54) is 16.0 Å². The van der Waals surface area contributed by atoms with E-state index in [-0.39, 0.29) is 0 Å². The van der Waals surface area contributed by atoms with Crippen LogP contribution in [-0.4, -0.2) is 42.1 Å². The monoisotopic (exact) mass is 404 g/mol. The van der Waals surface area contributed by atoms with Gasteiger partial charge in [0.1, 0.15) is 17.0 Å². The van der Waals surface area contributed by atoms with Gasteiger partial charge in [-0.3, -0.25) is 0 Å². The van der Waals surface area contributed by atoms with Gasteiger partial charge in [-0.1, -0.05) is 35.0 Å². The largest absolute Gasteiger partial charge is 0.368 e. The number of likely N-dealkylation sites (N-methyl/N-ethyl adjacent to an activating group) is 1. The third kappa shape index (κ3) is 3.61. The summed E-state index contributed by atoms with van der Waals surface area (Å²) in [6.45, 7) is 4.01. The highest BCUT2D eigenvalue weighted by atomic mass is 79.9. The Morgan fingerprint density at radius 1 is 1.17 bits per heavy atom. The number of anilines is 1. The summed E-state index contributed by atoms with van der Waals surface area (Å²) in [4.78, 5) is 13.6. The van der Waals surface area contributed by atoms with E-state index in [1.54, 1.807) is 17.7 Å². The van der Waals surface area contributed by atoms with Gasteiger partial charge in [-0.2, -0.15) is 0 Å². The number of benzene rings is 1. The van der Waals surface area contributed by atoms with Crippen LogP contribution in [0.2, 0.25) is 0 Å². The summed E-state index contributed by atoms with van der Waals surface area (Å²) in [5.41, 5.74) is 2.48. The van der Waals surface area contributed by atoms with Gasteiger partial charge in [0.05, 0.1) is 5.39 Å². The average molecular weight is 405 g/mol. The molecule has 1 aromatic carbocycles. The predicted molar refractivity (Wildman–Crippen MR) is 107 cm³/mol. The Balaban J connectivity index is 2.10. The third-order valence-electron chi connectivity index (χ3n) is 3.87. The van der Waals surface area contributed by atoms with Crippen molar-refractivity contribution in [3.05, 3.63) is 39.9 Å². The molecule has 1 N–H and O–H groups in total. The number of halogens is 1. The molecule has 0 aliphatic heterocycles. The lowest BCUT2D eigenvalue weighted by atomic mass is 10.0. The summed E-state index contributed by atoms with van der Waals surface area (Å²) in [7, 11) is 4.15. The van der Waals surface area contributed by atoms with E-state index >= 15 is 0 Å². The number of hydrogen-bond acceptors (Lipinski definition) is 5. The van der Waals surface area contributed by atoms with Gasteiger partial charge >= 0.3 is 0 Å². The Labute approximate surface area is 155 Å². The molecule has 0 atom stereocenters. The van der Waals surface area contributed by atoms with E-state index < -0.39 is 0 Å². The minimum atomic E-state index is 0.857. The van der Waals surface area contributed by atoms with Crippen molar-refractivity contribution in [1.29, 1.82) is 0 Å². The van der Waals surface area contributed by atoms with Crippen LogP contribution in [0.15, 0.2) is 35.1 Å². The zero-order chi connectivity index (χ0) is 17.1. The van der Waals surface area contributed by atoms with Gasteiger partial charge in [-0.15, -0.1) is 11.3 Å². The number of fused-ring (bicyclic) bond motifs is 1. The lowest BCUT2D eigenvalue weighted by Gasteiger charge is -2.12. The summed E-state index contributed by atoms with van der Waals surface area (Å²) in [5, 5.41) is 4.62. The SMILES string of the molecule is CCc1sc2ncnc(NCCN(C)C)c2c1-c1ccc(Br)cc1. The molecule has 0 spiro atoms. The Kier molecular flexibility index (Phi) is 5.48. The van der Waals surface area contributed by atoms with Gasteiger partial charge in [0.25, 0.3) is 0 Å². The summed E-state index contributed by atoms with van der Waals surface area (Å²) in [6.07, 6.45) is 2.64. The van der Waals surface area contributed by atoms with Crippen LogP contribution < -0.4 is 5.32 Å². The second-order valence-corrected chi connectivity index (χ2v) is 7.89. The van der Waals surface area contributed by atoms with Crippen molar-refractivity contribution in [2.75, 3.05) is 32.5 Å². The molecule has 0 aliphatic carbocycles. The van der Waals surface area contributed by atoms with E-state index in [9.17, 15) is 0 Å². The Morgan fingerprint density at radius 3 is 2.58 bits per heavy atom. The highest BCUT2D eigenvalue weighted by Gasteiger charge is 2.17. The van der Waals surface area contributed by atoms with E-state index in [0.717, 1.165) is 40.0 Å². The van der Waals surface area contributed by atoms with Gasteiger partial charge in [0, 0.05) is 28.0 Å². The van der Waals surface area contributed by atoms with Crippen LogP contribution in [0.1, 0.15) is 11.8 Å². The minimum Gasteiger partial charge on any atom is -0.368 e. The van der Waals surface area contributed by atoms with Crippen LogP contribution in [-0.2, 0) is 6.42 Å². The van der Waals surface area contributed by atoms with Crippen molar-refractivity contribution in [3.63, 3.8) is 0 Å². The second-order valence-electron chi connectivity index (χ2n) is 5.89. The zero-order valence-electron chi connectivity index (χ0n) is 14.1. The molecule has 0 fully saturated rings. The number of rotatable bonds is 6. The second kappa shape index (κ2) is 7.59. The van der Waals surface area contributed by atoms with Crippen LogP contribution in [0.25, 0.3) is 21.3 Å². The molecule has 2 aromatic heterocycles. The molecule has 0 bridgehead atoms. The van der Waals surface area contributed by atoms with Crippen molar-refractivity contribution in [2.24, 2.45) is 0 Å². The molecule has 3 aromatic rings. The van der Waals surface area contributed by atoms with Crippen molar-refractivity contribution in [2.45, 2.75) is 13.3 Å². The van der Waals surface area contributed by atoms with Crippen LogP contribution in [0.4, 0.5) is 5.82 Å². The van der Waals surface area contributed by atoms with Crippen molar-refractivity contribution < 1.29 is 0 Å². The van der Waals surface area contributed by atoms with Gasteiger partial charge in [0.15, 0.2) is 0 Å². The van der Waals surface area contributed by atoms with Crippen LogP contribution in [0.5, 0.6) is 0 Å². The minimum absolute atomic E-state index is 0.857. The molecule has 0 radical (unpaired) electrons. The highest BCUT2D eigenvalue weighted by molar-refractivity contribution is 9.10. The van der Waals surface area contributed by atoms with Gasteiger partial charge in [-0.05, 0) is 38.2 Å². The average Bonchev–Trinajstić information content (AvgIpc) is 2.95. The Hall–Kier alpha value is -1.50. The van der Waals surface area contributed by atoms with E-state index in [2.05, 4.69) is 81.4 Å². The maximum absolute atomic E-state index is 4.51. The first-order valence-electron chi connectivity index (χ1n) is 8.01. The summed E-state index contributed by atoms with van der Waals surface area (Å²) in [5.74, 6) is 0.927. The predicted octanol–water partition coefficient (Wildman–Crippen LogP) is 4.66. The van der Waals surface area contributed by atoms with E-state index in [4.69, 9.17) is 0 Å². The molecule has 2 heterocycles. The van der Waals surface area contributed by atoms with Gasteiger partial charge < -0.3 is 10.2 Å². The molecule has 3 rings (SSSR count). The molecule has 24 heavy (non-hydrogen) atoms. The van der Waals surface area contributed by atoms with Crippen LogP contribution in [0.3, 0.4) is 0 Å². The molecule has 6 heteroatoms. The smallest absolute Gasteiger partial charge is 0.138 e. The maximum atomic E-state index is 4.51. The zero-order valence-corrected chi connectivity index (χ0v) is 16.5. The fourth-order valence-electron chi connectivity index (χ4n) is 2.68. The van der Waals surface area contributed by atoms with Gasteiger partial charge in [-0.25, -0.2) is 9.97 Å². The molecule has 0 unspecified atom stereocenters. The van der Waals surface area contributed by atoms with Crippen LogP contribution >= 0.6 is 27.3 Å². The third-order valence-corrected chi connectivity index (χ3v) is 5.64. The fourth-order valence-corrected chi connectivity index (χ4v) is 4.05. The molecule has 0 aliphatic rings. The van der Waals surface area contributed by atoms with E-state index in [1.807, 2.05) is 0 Å². The van der Waals surface area contributed by atoms with E-state index in [0.29, 0.717) is 0 Å². The number of thiophene rings is 1. The topological polar surface area (TPSA) is 41.1 Å². The lowest BCUT2D eigenvalue weighted by molar-refractivity contribution is 0.425. The molecule has 0 saturated heterocycles. The first-order valence-corrected chi connectivity index (χ1v) is 9.62. The molecule has 126 valence electrons. The first kappa shape index (κ1) is 17.3. The van der Waals surface area contributed by atoms with Crippen molar-refractivity contribution in [3.8, 4) is 11.1 Å². The summed E-state index contributed by atoms with van der Waals surface area (Å²) >= 11 is 5.28. The number of nitrogens with one attached hydrogen (secondary N) is 1. The highest BCUT2D eigenvalue weighted by Crippen LogP contribution is 2.41. The summed E-state index contributed by atoms with van der Waals surface area (Å²) in [6, 6.07) is 8.48. The number of nitrogens with zero attached hydrogens (tertiary/aromatic N) is 3. The fraction of sp³-hybridized carbons (Fsp3) is 0.333. The normalized spacial score (nSPS) is 11.4. The maximum Gasteiger partial charge on any atom is 0.138 e. The summed E-state index contributed by atoms with van der Waals surface area (Å²) < 4.78 is 1.09. The molecule has 4 nitrogen and oxygen atoms in total. The number of aromatic nitrogens is 2. The first-order chi connectivity index (χ1) is 11.6. The van der Waals surface area contributed by atoms with Crippen LogP contribution in [0, 0.1) is 0 Å². The Bertz CT molecular complexity index is 827. The molecular weight excluding hydrogens is 384 g/mol. The van der Waals surface area contributed by atoms with Gasteiger partial charge in [0.2, 0.25) is 0 Å². The quantitative estimate of drug-likeness (QED) is 0.648.